The van der Waals surface area contributed by atoms with Gasteiger partial charge in [0.15, 0.2) is 0 Å². The summed E-state index contributed by atoms with van der Waals surface area (Å²) in [6.07, 6.45) is 2.82. The fourth-order valence-corrected chi connectivity index (χ4v) is 2.52. The van der Waals surface area contributed by atoms with Gasteiger partial charge in [-0.3, -0.25) is 4.98 Å². The number of hydrogen-bond donors (Lipinski definition) is 1. The van der Waals surface area contributed by atoms with E-state index < -0.39 is 0 Å². The minimum Gasteiger partial charge on any atom is -0.311 e. The molecule has 0 aliphatic carbocycles. The molecular formula is C13H17N3S. The lowest BCUT2D eigenvalue weighted by Gasteiger charge is -2.02. The van der Waals surface area contributed by atoms with Crippen LogP contribution in [-0.2, 0) is 13.0 Å². The topological polar surface area (TPSA) is 37.8 Å². The van der Waals surface area contributed by atoms with Gasteiger partial charge < -0.3 is 5.32 Å². The molecule has 0 unspecified atom stereocenters. The van der Waals surface area contributed by atoms with Gasteiger partial charge in [-0.25, -0.2) is 4.98 Å². The Kier molecular flexibility index (Phi) is 4.23. The van der Waals surface area contributed by atoms with Crippen molar-refractivity contribution in [2.24, 2.45) is 0 Å². The lowest BCUT2D eigenvalue weighted by Crippen LogP contribution is -2.11. The molecule has 3 nitrogen and oxygen atoms in total. The highest BCUT2D eigenvalue weighted by atomic mass is 32.1. The monoisotopic (exact) mass is 247 g/mol. The highest BCUT2D eigenvalue weighted by Gasteiger charge is 2.09. The molecule has 2 heterocycles. The number of pyridine rings is 1. The second-order valence-electron chi connectivity index (χ2n) is 3.79. The lowest BCUT2D eigenvalue weighted by molar-refractivity contribution is 0.714. The smallest absolute Gasteiger partial charge is 0.142 e. The summed E-state index contributed by atoms with van der Waals surface area (Å²) >= 11 is 1.67. The maximum Gasteiger partial charge on any atom is 0.142 e. The summed E-state index contributed by atoms with van der Waals surface area (Å²) in [7, 11) is 0. The molecule has 2 rings (SSSR count). The highest BCUT2D eigenvalue weighted by molar-refractivity contribution is 7.13. The molecule has 90 valence electrons. The summed E-state index contributed by atoms with van der Waals surface area (Å²) in [6.45, 7) is 6.05. The van der Waals surface area contributed by atoms with Crippen molar-refractivity contribution in [1.82, 2.24) is 15.3 Å². The summed E-state index contributed by atoms with van der Waals surface area (Å²) in [4.78, 5) is 9.06. The largest absolute Gasteiger partial charge is 0.311 e. The van der Waals surface area contributed by atoms with Crippen LogP contribution in [-0.4, -0.2) is 16.5 Å². The molecular weight excluding hydrogens is 230 g/mol. The van der Waals surface area contributed by atoms with Crippen LogP contribution in [0.3, 0.4) is 0 Å². The molecule has 0 aromatic carbocycles. The van der Waals surface area contributed by atoms with Crippen LogP contribution in [0.2, 0.25) is 0 Å². The van der Waals surface area contributed by atoms with Gasteiger partial charge in [0, 0.05) is 18.1 Å². The standard InChI is InChI=1S/C13H17N3S/c1-3-10-6-5-7-15-12(10)13-16-11(9-17-13)8-14-4-2/h5-7,9,14H,3-4,8H2,1-2H3. The normalized spacial score (nSPS) is 10.7. The zero-order valence-corrected chi connectivity index (χ0v) is 11.0. The molecule has 4 heteroatoms. The summed E-state index contributed by atoms with van der Waals surface area (Å²) in [5.41, 5.74) is 3.39. The van der Waals surface area contributed by atoms with Crippen molar-refractivity contribution >= 4 is 11.3 Å². The highest BCUT2D eigenvalue weighted by Crippen LogP contribution is 2.25. The molecule has 0 spiro atoms. The van der Waals surface area contributed by atoms with Crippen molar-refractivity contribution in [2.45, 2.75) is 26.8 Å². The number of aryl methyl sites for hydroxylation is 1. The van der Waals surface area contributed by atoms with Gasteiger partial charge in [0.25, 0.3) is 0 Å². The molecule has 2 aromatic rings. The quantitative estimate of drug-likeness (QED) is 0.883. The van der Waals surface area contributed by atoms with Crippen molar-refractivity contribution < 1.29 is 0 Å². The van der Waals surface area contributed by atoms with Gasteiger partial charge in [0.05, 0.1) is 5.69 Å². The van der Waals surface area contributed by atoms with Gasteiger partial charge in [0.1, 0.15) is 10.7 Å². The van der Waals surface area contributed by atoms with E-state index in [1.807, 2.05) is 12.3 Å². The first-order valence-electron chi connectivity index (χ1n) is 5.94. The predicted octanol–water partition coefficient (Wildman–Crippen LogP) is 2.88. The van der Waals surface area contributed by atoms with Gasteiger partial charge in [-0.2, -0.15) is 0 Å². The molecule has 0 amide bonds. The van der Waals surface area contributed by atoms with Crippen LogP contribution in [0.5, 0.6) is 0 Å². The van der Waals surface area contributed by atoms with Crippen molar-refractivity contribution in [2.75, 3.05) is 6.54 Å². The number of rotatable bonds is 5. The Balaban J connectivity index is 2.24. The zero-order valence-electron chi connectivity index (χ0n) is 10.2. The number of hydrogen-bond acceptors (Lipinski definition) is 4. The third-order valence-corrected chi connectivity index (χ3v) is 3.48. The van der Waals surface area contributed by atoms with Crippen LogP contribution >= 0.6 is 11.3 Å². The maximum atomic E-state index is 4.62. The van der Waals surface area contributed by atoms with E-state index in [0.29, 0.717) is 0 Å². The summed E-state index contributed by atoms with van der Waals surface area (Å²) in [6, 6.07) is 4.10. The van der Waals surface area contributed by atoms with Crippen LogP contribution in [0.15, 0.2) is 23.7 Å². The molecule has 17 heavy (non-hydrogen) atoms. The second-order valence-corrected chi connectivity index (χ2v) is 4.65. The summed E-state index contributed by atoms with van der Waals surface area (Å²) in [5.74, 6) is 0. The number of nitrogens with one attached hydrogen (secondary N) is 1. The molecule has 0 bridgehead atoms. The van der Waals surface area contributed by atoms with Crippen LogP contribution in [0.25, 0.3) is 10.7 Å². The maximum absolute atomic E-state index is 4.62. The van der Waals surface area contributed by atoms with Crippen molar-refractivity contribution in [3.05, 3.63) is 35.0 Å². The van der Waals surface area contributed by atoms with E-state index in [1.54, 1.807) is 11.3 Å². The van der Waals surface area contributed by atoms with E-state index >= 15 is 0 Å². The van der Waals surface area contributed by atoms with Gasteiger partial charge in [-0.15, -0.1) is 11.3 Å². The Labute approximate surface area is 106 Å². The molecule has 0 fully saturated rings. The fourth-order valence-electron chi connectivity index (χ4n) is 1.67. The van der Waals surface area contributed by atoms with Crippen molar-refractivity contribution in [3.8, 4) is 10.7 Å². The Hall–Kier alpha value is -1.26. The summed E-state index contributed by atoms with van der Waals surface area (Å²) in [5, 5.41) is 6.41. The number of nitrogens with zero attached hydrogens (tertiary/aromatic N) is 2. The van der Waals surface area contributed by atoms with Crippen molar-refractivity contribution in [3.63, 3.8) is 0 Å². The average Bonchev–Trinajstić information content (AvgIpc) is 2.85. The first-order chi connectivity index (χ1) is 8.35. The molecule has 0 saturated carbocycles. The predicted molar refractivity (Wildman–Crippen MR) is 72.1 cm³/mol. The molecule has 0 saturated heterocycles. The number of thiazole rings is 1. The average molecular weight is 247 g/mol. The zero-order chi connectivity index (χ0) is 12.1. The first kappa shape index (κ1) is 12.2. The molecule has 0 atom stereocenters. The molecule has 0 aliphatic rings. The van der Waals surface area contributed by atoms with E-state index in [1.165, 1.54) is 5.56 Å². The second kappa shape index (κ2) is 5.89. The van der Waals surface area contributed by atoms with E-state index in [9.17, 15) is 0 Å². The van der Waals surface area contributed by atoms with E-state index in [2.05, 4.69) is 40.6 Å². The van der Waals surface area contributed by atoms with Gasteiger partial charge in [-0.05, 0) is 24.6 Å². The van der Waals surface area contributed by atoms with Gasteiger partial charge in [0.2, 0.25) is 0 Å². The third kappa shape index (κ3) is 2.90. The third-order valence-electron chi connectivity index (χ3n) is 2.58. The fraction of sp³-hybridized carbons (Fsp3) is 0.385. The van der Waals surface area contributed by atoms with E-state index in [4.69, 9.17) is 0 Å². The van der Waals surface area contributed by atoms with Crippen LogP contribution in [0.1, 0.15) is 25.1 Å². The van der Waals surface area contributed by atoms with Gasteiger partial charge >= 0.3 is 0 Å². The Morgan fingerprint density at radius 1 is 1.35 bits per heavy atom. The Morgan fingerprint density at radius 3 is 3.00 bits per heavy atom. The number of aromatic nitrogens is 2. The van der Waals surface area contributed by atoms with E-state index in [-0.39, 0.29) is 0 Å². The van der Waals surface area contributed by atoms with Gasteiger partial charge in [-0.1, -0.05) is 19.9 Å². The molecule has 1 N–H and O–H groups in total. The van der Waals surface area contributed by atoms with Crippen LogP contribution in [0.4, 0.5) is 0 Å². The SMILES string of the molecule is CCNCc1csc(-c2ncccc2CC)n1. The minimum atomic E-state index is 0.835. The lowest BCUT2D eigenvalue weighted by atomic mass is 10.1. The Bertz CT molecular complexity index is 479. The Morgan fingerprint density at radius 2 is 2.24 bits per heavy atom. The molecule has 2 aromatic heterocycles. The van der Waals surface area contributed by atoms with E-state index in [0.717, 1.165) is 35.9 Å². The molecule has 0 radical (unpaired) electrons. The van der Waals surface area contributed by atoms with Crippen LogP contribution < -0.4 is 5.32 Å². The van der Waals surface area contributed by atoms with Crippen molar-refractivity contribution in [1.29, 1.82) is 0 Å². The summed E-state index contributed by atoms with van der Waals surface area (Å²) < 4.78 is 0. The molecule has 0 aliphatic heterocycles. The minimum absolute atomic E-state index is 0.835. The first-order valence-corrected chi connectivity index (χ1v) is 6.82. The van der Waals surface area contributed by atoms with Crippen LogP contribution in [0, 0.1) is 0 Å².